The number of carbonyl (C=O) groups excluding carboxylic acids is 4. The summed E-state index contributed by atoms with van der Waals surface area (Å²) >= 11 is 0. The Hall–Kier alpha value is -1.94. The van der Waals surface area contributed by atoms with E-state index < -0.39 is 97.5 Å². The third kappa shape index (κ3) is 74.3. The number of esters is 4. The van der Waals surface area contributed by atoms with Crippen LogP contribution >= 0.6 is 15.6 Å². The number of aliphatic hydroxyl groups is 1. The maximum Gasteiger partial charge on any atom is 0.472 e. The molecule has 0 amide bonds. The van der Waals surface area contributed by atoms with Crippen molar-refractivity contribution in [3.05, 3.63) is 0 Å². The van der Waals surface area contributed by atoms with Crippen LogP contribution in [0.5, 0.6) is 0 Å². The monoisotopic (exact) mass is 1470 g/mol. The fraction of sp³-hybridized carbons (Fsp3) is 0.951. The van der Waals surface area contributed by atoms with Crippen molar-refractivity contribution in [2.75, 3.05) is 39.6 Å². The molecule has 0 aliphatic carbocycles. The minimum absolute atomic E-state index is 0.109. The third-order valence-electron chi connectivity index (χ3n) is 19.0. The molecule has 0 aliphatic rings. The Morgan fingerprint density at radius 1 is 0.270 bits per heavy atom. The molecule has 0 heterocycles. The van der Waals surface area contributed by atoms with Crippen LogP contribution in [0.3, 0.4) is 0 Å². The van der Waals surface area contributed by atoms with Gasteiger partial charge in [0.15, 0.2) is 12.2 Å². The average molecular weight is 1470 g/mol. The zero-order chi connectivity index (χ0) is 73.4. The van der Waals surface area contributed by atoms with Crippen LogP contribution in [0.15, 0.2) is 0 Å². The van der Waals surface area contributed by atoms with Gasteiger partial charge >= 0.3 is 39.5 Å². The summed E-state index contributed by atoms with van der Waals surface area (Å²) in [5, 5.41) is 10.6. The van der Waals surface area contributed by atoms with Crippen molar-refractivity contribution in [2.24, 2.45) is 5.92 Å². The largest absolute Gasteiger partial charge is 0.472 e. The Bertz CT molecular complexity index is 1910. The molecule has 0 spiro atoms. The minimum Gasteiger partial charge on any atom is -0.462 e. The maximum atomic E-state index is 13.1. The van der Waals surface area contributed by atoms with Crippen molar-refractivity contribution in [1.82, 2.24) is 0 Å². The molecule has 0 aromatic rings. The van der Waals surface area contributed by atoms with E-state index >= 15 is 0 Å². The molecule has 0 aliphatic heterocycles. The van der Waals surface area contributed by atoms with Crippen molar-refractivity contribution < 1.29 is 80.2 Å². The van der Waals surface area contributed by atoms with Gasteiger partial charge in [-0.2, -0.15) is 0 Å². The molecule has 594 valence electrons. The second kappa shape index (κ2) is 73.9. The van der Waals surface area contributed by atoms with Gasteiger partial charge in [0.25, 0.3) is 0 Å². The highest BCUT2D eigenvalue weighted by Crippen LogP contribution is 2.45. The van der Waals surface area contributed by atoms with Crippen LogP contribution in [-0.2, 0) is 65.4 Å². The van der Waals surface area contributed by atoms with Crippen molar-refractivity contribution in [3.8, 4) is 0 Å². The Kier molecular flexibility index (Phi) is 72.5. The average Bonchev–Trinajstić information content (AvgIpc) is 0.974. The second-order valence-corrected chi connectivity index (χ2v) is 32.5. The Morgan fingerprint density at radius 2 is 0.460 bits per heavy atom. The van der Waals surface area contributed by atoms with Crippen molar-refractivity contribution >= 4 is 39.5 Å². The molecule has 0 saturated carbocycles. The summed E-state index contributed by atoms with van der Waals surface area (Å²) in [5.74, 6) is -1.30. The van der Waals surface area contributed by atoms with Crippen LogP contribution in [0.25, 0.3) is 0 Å². The smallest absolute Gasteiger partial charge is 0.462 e. The summed E-state index contributed by atoms with van der Waals surface area (Å²) < 4.78 is 68.7. The van der Waals surface area contributed by atoms with E-state index in [1.165, 1.54) is 257 Å². The summed E-state index contributed by atoms with van der Waals surface area (Å²) in [7, 11) is -9.91. The Labute approximate surface area is 613 Å². The first-order valence-corrected chi connectivity index (χ1v) is 45.1. The maximum absolute atomic E-state index is 13.1. The predicted octanol–water partition coefficient (Wildman–Crippen LogP) is 24.4. The molecule has 0 fully saturated rings. The molecule has 19 heteroatoms. The zero-order valence-corrected chi connectivity index (χ0v) is 67.1. The lowest BCUT2D eigenvalue weighted by Gasteiger charge is -2.21. The lowest BCUT2D eigenvalue weighted by molar-refractivity contribution is -0.161. The van der Waals surface area contributed by atoms with E-state index in [4.69, 9.17) is 37.0 Å². The van der Waals surface area contributed by atoms with Crippen LogP contribution in [0.1, 0.15) is 433 Å². The summed E-state index contributed by atoms with van der Waals surface area (Å²) in [5.41, 5.74) is 0. The fourth-order valence-corrected chi connectivity index (χ4v) is 14.2. The standard InChI is InChI=1S/C81H158O17P2/c1-6-9-12-15-18-21-23-25-27-29-34-37-41-45-50-55-60-65-79(84)92-71-77(98-81(86)67-62-57-52-47-43-39-35-31-30-32-36-40-44-48-53-58-63-74(4)5)73-96-100(89,90)94-69-75(82)68-93-99(87,88)95-72-76(70-91-78(83)64-59-54-49-20-17-14-11-8-3)97-80(85)66-61-56-51-46-42-38-33-28-26-24-22-19-16-13-10-7-2/h74-77,82H,6-73H2,1-5H3,(H,87,88)(H,89,90)/t75-,76+,77+/m0/s1. The SMILES string of the molecule is CCCCCCCCCCCCCCCCCCCC(=O)OC[C@H](COP(=O)(O)OC[C@@H](O)COP(=O)(O)OC[C@@H](COC(=O)CCCCCCCCCC)OC(=O)CCCCCCCCCCCCCCCCCC)OC(=O)CCCCCCCCCCCCCCCCCCC(C)C. The van der Waals surface area contributed by atoms with Gasteiger partial charge in [-0.1, -0.05) is 381 Å². The van der Waals surface area contributed by atoms with Crippen LogP contribution in [0.4, 0.5) is 0 Å². The highest BCUT2D eigenvalue weighted by molar-refractivity contribution is 7.47. The molecule has 17 nitrogen and oxygen atoms in total. The van der Waals surface area contributed by atoms with Gasteiger partial charge in [0, 0.05) is 25.7 Å². The first-order valence-electron chi connectivity index (χ1n) is 42.1. The molecule has 5 atom stereocenters. The number of phosphoric ester groups is 2. The highest BCUT2D eigenvalue weighted by atomic mass is 31.2. The molecule has 3 N–H and O–H groups in total. The number of hydrogen-bond donors (Lipinski definition) is 3. The highest BCUT2D eigenvalue weighted by Gasteiger charge is 2.30. The van der Waals surface area contributed by atoms with Crippen molar-refractivity contribution in [1.29, 1.82) is 0 Å². The van der Waals surface area contributed by atoms with E-state index in [9.17, 15) is 43.2 Å². The quantitative estimate of drug-likeness (QED) is 0.0222. The summed E-state index contributed by atoms with van der Waals surface area (Å²) in [4.78, 5) is 72.9. The van der Waals surface area contributed by atoms with Gasteiger partial charge in [0.1, 0.15) is 19.3 Å². The molecule has 0 saturated heterocycles. The molecule has 0 rings (SSSR count). The fourth-order valence-electron chi connectivity index (χ4n) is 12.6. The third-order valence-corrected chi connectivity index (χ3v) is 20.9. The van der Waals surface area contributed by atoms with Gasteiger partial charge in [0.05, 0.1) is 26.4 Å². The molecular formula is C81H158O17P2. The Morgan fingerprint density at radius 3 is 0.680 bits per heavy atom. The lowest BCUT2D eigenvalue weighted by Crippen LogP contribution is -2.30. The van der Waals surface area contributed by atoms with Gasteiger partial charge < -0.3 is 33.8 Å². The van der Waals surface area contributed by atoms with Gasteiger partial charge in [-0.3, -0.25) is 37.3 Å². The molecule has 100 heavy (non-hydrogen) atoms. The van der Waals surface area contributed by atoms with Gasteiger partial charge in [-0.15, -0.1) is 0 Å². The minimum atomic E-state index is -4.96. The van der Waals surface area contributed by atoms with Gasteiger partial charge in [0.2, 0.25) is 0 Å². The summed E-state index contributed by atoms with van der Waals surface area (Å²) in [6.45, 7) is 7.34. The summed E-state index contributed by atoms with van der Waals surface area (Å²) in [6, 6.07) is 0. The summed E-state index contributed by atoms with van der Waals surface area (Å²) in [6.07, 6.45) is 65.2. The Balaban J connectivity index is 5.20. The van der Waals surface area contributed by atoms with Crippen LogP contribution < -0.4 is 0 Å². The number of phosphoric acid groups is 2. The van der Waals surface area contributed by atoms with Crippen LogP contribution in [-0.4, -0.2) is 96.7 Å². The van der Waals surface area contributed by atoms with E-state index in [1.54, 1.807) is 0 Å². The van der Waals surface area contributed by atoms with E-state index in [1.807, 2.05) is 0 Å². The number of ether oxygens (including phenoxy) is 4. The number of carbonyl (C=O) groups is 4. The lowest BCUT2D eigenvalue weighted by atomic mass is 10.0. The first-order chi connectivity index (χ1) is 48.5. The van der Waals surface area contributed by atoms with Crippen LogP contribution in [0, 0.1) is 5.92 Å². The second-order valence-electron chi connectivity index (χ2n) is 29.6. The van der Waals surface area contributed by atoms with E-state index in [-0.39, 0.29) is 25.7 Å². The molecule has 0 aromatic carbocycles. The van der Waals surface area contributed by atoms with Gasteiger partial charge in [-0.05, 0) is 31.6 Å². The van der Waals surface area contributed by atoms with Gasteiger partial charge in [-0.25, -0.2) is 9.13 Å². The molecule has 2 unspecified atom stereocenters. The van der Waals surface area contributed by atoms with E-state index in [2.05, 4.69) is 34.6 Å². The topological polar surface area (TPSA) is 237 Å². The molecular weight excluding hydrogens is 1310 g/mol. The normalized spacial score (nSPS) is 13.8. The number of aliphatic hydroxyl groups excluding tert-OH is 1. The number of unbranched alkanes of at least 4 members (excludes halogenated alkanes) is 53. The van der Waals surface area contributed by atoms with E-state index in [0.29, 0.717) is 25.7 Å². The molecule has 0 radical (unpaired) electrons. The van der Waals surface area contributed by atoms with Crippen LogP contribution in [0.2, 0.25) is 0 Å². The zero-order valence-electron chi connectivity index (χ0n) is 65.3. The van der Waals surface area contributed by atoms with E-state index in [0.717, 1.165) is 95.8 Å². The number of hydrogen-bond acceptors (Lipinski definition) is 15. The predicted molar refractivity (Wildman–Crippen MR) is 409 cm³/mol. The van der Waals surface area contributed by atoms with Crippen molar-refractivity contribution in [2.45, 2.75) is 451 Å². The number of rotatable bonds is 81. The van der Waals surface area contributed by atoms with Crippen molar-refractivity contribution in [3.63, 3.8) is 0 Å². The first kappa shape index (κ1) is 98.1. The molecule has 0 aromatic heterocycles. The molecule has 0 bridgehead atoms.